The third kappa shape index (κ3) is 4.86. The summed E-state index contributed by atoms with van der Waals surface area (Å²) < 4.78 is 5.58. The summed E-state index contributed by atoms with van der Waals surface area (Å²) in [5, 5.41) is 3.32. The number of morpholine rings is 1. The van der Waals surface area contributed by atoms with Gasteiger partial charge >= 0.3 is 0 Å². The van der Waals surface area contributed by atoms with Crippen LogP contribution < -0.4 is 11.1 Å². The molecule has 13 heavy (non-hydrogen) atoms. The lowest BCUT2D eigenvalue weighted by Crippen LogP contribution is -2.39. The van der Waals surface area contributed by atoms with Crippen molar-refractivity contribution in [2.24, 2.45) is 11.7 Å². The fourth-order valence-corrected chi connectivity index (χ4v) is 2.35. The van der Waals surface area contributed by atoms with Gasteiger partial charge in [-0.15, -0.1) is 0 Å². The van der Waals surface area contributed by atoms with Gasteiger partial charge in [0.15, 0.2) is 0 Å². The Bertz CT molecular complexity index is 129. The summed E-state index contributed by atoms with van der Waals surface area (Å²) in [5.74, 6) is 2.87. The zero-order valence-electron chi connectivity index (χ0n) is 8.29. The second kappa shape index (κ2) is 6.65. The number of hydrogen-bond acceptors (Lipinski definition) is 4. The molecule has 2 unspecified atom stereocenters. The quantitative estimate of drug-likeness (QED) is 0.676. The highest BCUT2D eigenvalue weighted by molar-refractivity contribution is 7.99. The van der Waals surface area contributed by atoms with Crippen molar-refractivity contribution < 1.29 is 4.74 Å². The van der Waals surface area contributed by atoms with Gasteiger partial charge in [0.25, 0.3) is 0 Å². The van der Waals surface area contributed by atoms with Gasteiger partial charge in [-0.25, -0.2) is 0 Å². The molecule has 78 valence electrons. The highest BCUT2D eigenvalue weighted by Gasteiger charge is 2.13. The lowest BCUT2D eigenvalue weighted by Gasteiger charge is -2.23. The minimum absolute atomic E-state index is 0.406. The Morgan fingerprint density at radius 3 is 3.15 bits per heavy atom. The molecule has 1 heterocycles. The summed E-state index contributed by atoms with van der Waals surface area (Å²) in [6, 6.07) is 0. The van der Waals surface area contributed by atoms with E-state index < -0.39 is 0 Å². The van der Waals surface area contributed by atoms with Crippen LogP contribution in [0.1, 0.15) is 6.92 Å². The molecule has 0 spiro atoms. The highest BCUT2D eigenvalue weighted by Crippen LogP contribution is 2.11. The summed E-state index contributed by atoms with van der Waals surface area (Å²) in [7, 11) is 0. The minimum Gasteiger partial charge on any atom is -0.375 e. The third-order valence-electron chi connectivity index (χ3n) is 2.11. The summed E-state index contributed by atoms with van der Waals surface area (Å²) in [6.07, 6.45) is 0.406. The van der Waals surface area contributed by atoms with Crippen LogP contribution in [0.5, 0.6) is 0 Å². The van der Waals surface area contributed by atoms with Gasteiger partial charge in [-0.05, 0) is 18.2 Å². The predicted molar refractivity (Wildman–Crippen MR) is 58.2 cm³/mol. The normalized spacial score (nSPS) is 25.8. The number of nitrogens with one attached hydrogen (secondary N) is 1. The van der Waals surface area contributed by atoms with Crippen LogP contribution in [0.15, 0.2) is 0 Å². The van der Waals surface area contributed by atoms with Crippen LogP contribution in [0.2, 0.25) is 0 Å². The topological polar surface area (TPSA) is 47.3 Å². The Kier molecular flexibility index (Phi) is 5.78. The molecule has 0 aromatic heterocycles. The molecule has 0 saturated carbocycles. The van der Waals surface area contributed by atoms with Gasteiger partial charge in [-0.3, -0.25) is 0 Å². The largest absolute Gasteiger partial charge is 0.375 e. The van der Waals surface area contributed by atoms with Gasteiger partial charge in [-0.2, -0.15) is 11.8 Å². The van der Waals surface area contributed by atoms with Crippen molar-refractivity contribution in [3.05, 3.63) is 0 Å². The molecule has 1 saturated heterocycles. The monoisotopic (exact) mass is 204 g/mol. The zero-order chi connectivity index (χ0) is 9.52. The molecular formula is C9H20N2OS. The Labute approximate surface area is 84.8 Å². The summed E-state index contributed by atoms with van der Waals surface area (Å²) in [6.45, 7) is 5.84. The van der Waals surface area contributed by atoms with Gasteiger partial charge in [0.05, 0.1) is 12.7 Å². The van der Waals surface area contributed by atoms with Gasteiger partial charge in [-0.1, -0.05) is 6.92 Å². The van der Waals surface area contributed by atoms with Gasteiger partial charge < -0.3 is 15.8 Å². The summed E-state index contributed by atoms with van der Waals surface area (Å²) >= 11 is 1.95. The maximum atomic E-state index is 5.58. The second-order valence-electron chi connectivity index (χ2n) is 3.58. The first-order chi connectivity index (χ1) is 6.33. The molecule has 1 rings (SSSR count). The van der Waals surface area contributed by atoms with E-state index in [-0.39, 0.29) is 0 Å². The van der Waals surface area contributed by atoms with Crippen molar-refractivity contribution >= 4 is 11.8 Å². The molecule has 0 bridgehead atoms. The Hall–Kier alpha value is 0.230. The van der Waals surface area contributed by atoms with E-state index in [1.54, 1.807) is 0 Å². The molecule has 1 aliphatic heterocycles. The number of rotatable bonds is 5. The smallest absolute Gasteiger partial charge is 0.0790 e. The first-order valence-corrected chi connectivity index (χ1v) is 6.08. The standard InChI is InChI=1S/C9H20N2OS/c1-8(4-10)6-13-7-9-5-11-2-3-12-9/h8-9,11H,2-7,10H2,1H3. The number of thioether (sulfide) groups is 1. The SMILES string of the molecule is CC(CN)CSCC1CNCCO1. The van der Waals surface area contributed by atoms with Crippen molar-refractivity contribution in [3.63, 3.8) is 0 Å². The Balaban J connectivity index is 1.98. The van der Waals surface area contributed by atoms with Crippen LogP contribution in [0, 0.1) is 5.92 Å². The summed E-state index contributed by atoms with van der Waals surface area (Å²) in [4.78, 5) is 0. The Morgan fingerprint density at radius 1 is 1.69 bits per heavy atom. The van der Waals surface area contributed by atoms with E-state index in [4.69, 9.17) is 10.5 Å². The molecule has 0 aliphatic carbocycles. The molecule has 3 nitrogen and oxygen atoms in total. The lowest BCUT2D eigenvalue weighted by atomic mass is 10.2. The number of ether oxygens (including phenoxy) is 1. The fourth-order valence-electron chi connectivity index (χ4n) is 1.20. The average molecular weight is 204 g/mol. The van der Waals surface area contributed by atoms with Crippen molar-refractivity contribution in [2.45, 2.75) is 13.0 Å². The van der Waals surface area contributed by atoms with Crippen LogP contribution in [0.4, 0.5) is 0 Å². The predicted octanol–water partition coefficient (Wildman–Crippen LogP) is 0.303. The van der Waals surface area contributed by atoms with Crippen molar-refractivity contribution in [2.75, 3.05) is 37.7 Å². The van der Waals surface area contributed by atoms with E-state index in [2.05, 4.69) is 12.2 Å². The molecule has 1 aliphatic rings. The maximum Gasteiger partial charge on any atom is 0.0790 e. The van der Waals surface area contributed by atoms with E-state index in [0.29, 0.717) is 12.0 Å². The van der Waals surface area contributed by atoms with Gasteiger partial charge in [0.2, 0.25) is 0 Å². The lowest BCUT2D eigenvalue weighted by molar-refractivity contribution is 0.0440. The highest BCUT2D eigenvalue weighted by atomic mass is 32.2. The van der Waals surface area contributed by atoms with Crippen LogP contribution in [-0.2, 0) is 4.74 Å². The minimum atomic E-state index is 0.406. The van der Waals surface area contributed by atoms with Crippen molar-refractivity contribution in [3.8, 4) is 0 Å². The van der Waals surface area contributed by atoms with Crippen LogP contribution in [0.3, 0.4) is 0 Å². The van der Waals surface area contributed by atoms with E-state index in [1.807, 2.05) is 11.8 Å². The van der Waals surface area contributed by atoms with E-state index in [9.17, 15) is 0 Å². The molecular weight excluding hydrogens is 184 g/mol. The van der Waals surface area contributed by atoms with Crippen LogP contribution in [-0.4, -0.2) is 43.9 Å². The number of nitrogens with two attached hydrogens (primary N) is 1. The molecule has 3 N–H and O–H groups in total. The second-order valence-corrected chi connectivity index (χ2v) is 4.65. The number of hydrogen-bond donors (Lipinski definition) is 2. The Morgan fingerprint density at radius 2 is 2.54 bits per heavy atom. The van der Waals surface area contributed by atoms with E-state index in [1.165, 1.54) is 0 Å². The van der Waals surface area contributed by atoms with Crippen LogP contribution in [0.25, 0.3) is 0 Å². The third-order valence-corrected chi connectivity index (χ3v) is 3.53. The maximum absolute atomic E-state index is 5.58. The molecule has 2 atom stereocenters. The van der Waals surface area contributed by atoms with Crippen molar-refractivity contribution in [1.29, 1.82) is 0 Å². The molecule has 0 amide bonds. The fraction of sp³-hybridized carbons (Fsp3) is 1.00. The van der Waals surface area contributed by atoms with Crippen molar-refractivity contribution in [1.82, 2.24) is 5.32 Å². The molecule has 4 heteroatoms. The molecule has 0 radical (unpaired) electrons. The van der Waals surface area contributed by atoms with Crippen LogP contribution >= 0.6 is 11.8 Å². The first kappa shape index (κ1) is 11.3. The zero-order valence-corrected chi connectivity index (χ0v) is 9.11. The molecule has 0 aromatic carbocycles. The van der Waals surface area contributed by atoms with E-state index in [0.717, 1.165) is 37.7 Å². The van der Waals surface area contributed by atoms with Gasteiger partial charge in [0, 0.05) is 18.8 Å². The summed E-state index contributed by atoms with van der Waals surface area (Å²) in [5.41, 5.74) is 5.53. The average Bonchev–Trinajstić information content (AvgIpc) is 2.19. The molecule has 0 aromatic rings. The first-order valence-electron chi connectivity index (χ1n) is 4.93. The molecule has 1 fully saturated rings. The van der Waals surface area contributed by atoms with Gasteiger partial charge in [0.1, 0.15) is 0 Å². The van der Waals surface area contributed by atoms with E-state index >= 15 is 0 Å².